The predicted octanol–water partition coefficient (Wildman–Crippen LogP) is 1.10. The van der Waals surface area contributed by atoms with Crippen molar-refractivity contribution in [2.45, 2.75) is 18.5 Å². The van der Waals surface area contributed by atoms with Gasteiger partial charge in [0, 0.05) is 0 Å². The highest BCUT2D eigenvalue weighted by molar-refractivity contribution is 7.84. The molecule has 3 rings (SSSR count). The second-order valence-corrected chi connectivity index (χ2v) is 6.96. The van der Waals surface area contributed by atoms with Gasteiger partial charge in [-0.3, -0.25) is 14.1 Å². The van der Waals surface area contributed by atoms with Crippen LogP contribution >= 0.6 is 0 Å². The fraction of sp³-hybridized carbons (Fsp3) is 0.176. The van der Waals surface area contributed by atoms with Crippen LogP contribution in [0.1, 0.15) is 17.2 Å². The molecule has 2 aromatic carbocycles. The maximum absolute atomic E-state index is 12.2. The van der Waals surface area contributed by atoms with Crippen molar-refractivity contribution in [3.05, 3.63) is 71.8 Å². The number of rotatable bonds is 5. The Balaban J connectivity index is 1.80. The summed E-state index contributed by atoms with van der Waals surface area (Å²) >= 11 is 0. The van der Waals surface area contributed by atoms with Crippen molar-refractivity contribution < 1.29 is 22.6 Å². The zero-order valence-electron chi connectivity index (χ0n) is 13.1. The van der Waals surface area contributed by atoms with E-state index in [1.165, 1.54) is 0 Å². The van der Waals surface area contributed by atoms with Gasteiger partial charge in [0.15, 0.2) is 0 Å². The topological polar surface area (TPSA) is 104 Å². The summed E-state index contributed by atoms with van der Waals surface area (Å²) in [5, 5.41) is 2.56. The molecule has 1 fully saturated rings. The molecule has 8 heteroatoms. The summed E-state index contributed by atoms with van der Waals surface area (Å²) < 4.78 is 32.6. The molecule has 1 saturated heterocycles. The first-order chi connectivity index (χ1) is 11.9. The molecule has 25 heavy (non-hydrogen) atoms. The quantitative estimate of drug-likeness (QED) is 0.614. The summed E-state index contributed by atoms with van der Waals surface area (Å²) in [6.07, 6.45) is 0.0675. The van der Waals surface area contributed by atoms with Crippen molar-refractivity contribution in [1.82, 2.24) is 9.62 Å². The van der Waals surface area contributed by atoms with Gasteiger partial charge < -0.3 is 5.32 Å². The van der Waals surface area contributed by atoms with Crippen LogP contribution < -0.4 is 5.32 Å². The number of β-lactam (4-membered cyclic amide) rings is 1. The minimum Gasteiger partial charge on any atom is -0.342 e. The Morgan fingerprint density at radius 3 is 2.16 bits per heavy atom. The first kappa shape index (κ1) is 17.1. The van der Waals surface area contributed by atoms with Crippen molar-refractivity contribution in [1.29, 1.82) is 0 Å². The lowest BCUT2D eigenvalue weighted by atomic mass is 9.91. The van der Waals surface area contributed by atoms with Crippen LogP contribution in [0.3, 0.4) is 0 Å². The van der Waals surface area contributed by atoms with Gasteiger partial charge in [0.2, 0.25) is 5.91 Å². The van der Waals surface area contributed by atoms with E-state index in [9.17, 15) is 22.6 Å². The van der Waals surface area contributed by atoms with Crippen molar-refractivity contribution in [3.8, 4) is 0 Å². The maximum atomic E-state index is 12.2. The lowest BCUT2D eigenvalue weighted by Crippen LogP contribution is -2.66. The van der Waals surface area contributed by atoms with E-state index in [1.807, 2.05) is 6.07 Å². The van der Waals surface area contributed by atoms with E-state index in [4.69, 9.17) is 0 Å². The molecular weight excluding hydrogens is 344 g/mol. The second kappa shape index (κ2) is 6.66. The number of benzene rings is 2. The molecule has 1 aliphatic rings. The molecule has 0 aliphatic carbocycles. The number of nitrogens with one attached hydrogen (secondary N) is 1. The zero-order valence-corrected chi connectivity index (χ0v) is 13.9. The van der Waals surface area contributed by atoms with Crippen molar-refractivity contribution in [2.24, 2.45) is 0 Å². The molecule has 0 saturated carbocycles. The van der Waals surface area contributed by atoms with Gasteiger partial charge in [-0.25, -0.2) is 4.31 Å². The molecule has 0 spiro atoms. The highest BCUT2D eigenvalue weighted by Crippen LogP contribution is 2.36. The Hall–Kier alpha value is -2.71. The fourth-order valence-electron chi connectivity index (χ4n) is 2.84. The zero-order chi connectivity index (χ0) is 18.0. The van der Waals surface area contributed by atoms with Crippen LogP contribution in [0.2, 0.25) is 0 Å². The van der Waals surface area contributed by atoms with Crippen LogP contribution in [0.15, 0.2) is 60.7 Å². The van der Waals surface area contributed by atoms with E-state index < -0.39 is 34.2 Å². The van der Waals surface area contributed by atoms with Gasteiger partial charge in [0.1, 0.15) is 12.1 Å². The minimum atomic E-state index is -4.71. The molecule has 2 atom stereocenters. The number of carbonyl (C=O) groups excluding carboxylic acids is 2. The summed E-state index contributed by atoms with van der Waals surface area (Å²) in [6, 6.07) is 15.3. The number of carbonyl (C=O) groups is 2. The van der Waals surface area contributed by atoms with Crippen molar-refractivity contribution in [2.75, 3.05) is 0 Å². The minimum absolute atomic E-state index is 0.0675. The summed E-state index contributed by atoms with van der Waals surface area (Å²) in [4.78, 5) is 24.4. The molecule has 0 radical (unpaired) electrons. The third-order valence-corrected chi connectivity index (χ3v) is 4.87. The molecular formula is C17H16N2O5S. The Morgan fingerprint density at radius 1 is 1.04 bits per heavy atom. The Bertz CT molecular complexity index is 884. The molecule has 0 unspecified atom stereocenters. The lowest BCUT2D eigenvalue weighted by Gasteiger charge is -2.44. The largest absolute Gasteiger partial charge is 0.362 e. The van der Waals surface area contributed by atoms with Gasteiger partial charge >= 0.3 is 10.3 Å². The van der Waals surface area contributed by atoms with Crippen LogP contribution in [-0.2, 0) is 26.3 Å². The van der Waals surface area contributed by atoms with E-state index in [1.54, 1.807) is 54.6 Å². The molecule has 2 aromatic rings. The van der Waals surface area contributed by atoms with E-state index in [0.717, 1.165) is 5.56 Å². The summed E-state index contributed by atoms with van der Waals surface area (Å²) in [7, 11) is -4.71. The first-order valence-corrected chi connectivity index (χ1v) is 8.96. The van der Waals surface area contributed by atoms with E-state index in [-0.39, 0.29) is 6.42 Å². The highest BCUT2D eigenvalue weighted by Gasteiger charge is 2.54. The first-order valence-electron chi connectivity index (χ1n) is 7.57. The van der Waals surface area contributed by atoms with Crippen LogP contribution in [0.25, 0.3) is 0 Å². The Kier molecular flexibility index (Phi) is 4.56. The molecule has 0 aromatic heterocycles. The number of hydrogen-bond acceptors (Lipinski definition) is 4. The number of amides is 2. The van der Waals surface area contributed by atoms with Gasteiger partial charge in [0.25, 0.3) is 5.91 Å². The third-order valence-electron chi connectivity index (χ3n) is 3.97. The summed E-state index contributed by atoms with van der Waals surface area (Å²) in [5.41, 5.74) is 1.28. The Morgan fingerprint density at radius 2 is 1.60 bits per heavy atom. The summed E-state index contributed by atoms with van der Waals surface area (Å²) in [5.74, 6) is -1.27. The number of nitrogens with zero attached hydrogens (tertiary/aromatic N) is 1. The maximum Gasteiger partial charge on any atom is 0.362 e. The van der Waals surface area contributed by atoms with E-state index in [0.29, 0.717) is 9.87 Å². The van der Waals surface area contributed by atoms with E-state index in [2.05, 4.69) is 5.32 Å². The lowest BCUT2D eigenvalue weighted by molar-refractivity contribution is -0.146. The molecule has 0 bridgehead atoms. The molecule has 1 aliphatic heterocycles. The molecule has 7 nitrogen and oxygen atoms in total. The average Bonchev–Trinajstić information content (AvgIpc) is 2.57. The van der Waals surface area contributed by atoms with Gasteiger partial charge in [0.05, 0.1) is 6.42 Å². The van der Waals surface area contributed by atoms with Gasteiger partial charge in [-0.1, -0.05) is 60.7 Å². The standard InChI is InChI=1S/C17H16N2O5S/c20-14(11-12-7-3-1-4-8-12)18-15-16(13-9-5-2-6-10-13)19(17(15)21)25(22,23)24/h1-10,15-16H,11H2,(H,18,20)(H,22,23,24)/t15-,16-/m0/s1. The Labute approximate surface area is 145 Å². The third kappa shape index (κ3) is 3.54. The molecule has 130 valence electrons. The van der Waals surface area contributed by atoms with Gasteiger partial charge in [-0.05, 0) is 11.1 Å². The smallest absolute Gasteiger partial charge is 0.342 e. The second-order valence-electron chi connectivity index (χ2n) is 5.67. The monoisotopic (exact) mass is 360 g/mol. The molecule has 1 heterocycles. The van der Waals surface area contributed by atoms with Crippen molar-refractivity contribution >= 4 is 22.1 Å². The van der Waals surface area contributed by atoms with Crippen LogP contribution in [0.5, 0.6) is 0 Å². The predicted molar refractivity (Wildman–Crippen MR) is 89.7 cm³/mol. The average molecular weight is 360 g/mol. The number of hydrogen-bond donors (Lipinski definition) is 2. The normalized spacial score (nSPS) is 20.0. The van der Waals surface area contributed by atoms with E-state index >= 15 is 0 Å². The van der Waals surface area contributed by atoms with Gasteiger partial charge in [-0.15, -0.1) is 0 Å². The van der Waals surface area contributed by atoms with Crippen molar-refractivity contribution in [3.63, 3.8) is 0 Å². The van der Waals surface area contributed by atoms with Crippen LogP contribution in [0.4, 0.5) is 0 Å². The van der Waals surface area contributed by atoms with Gasteiger partial charge in [-0.2, -0.15) is 8.42 Å². The van der Waals surface area contributed by atoms with Crippen LogP contribution in [-0.4, -0.2) is 35.1 Å². The SMILES string of the molecule is O=C(Cc1ccccc1)N[C@@H]1C(=O)N(S(=O)(=O)O)[C@H]1c1ccccc1. The molecule has 2 amide bonds. The fourth-order valence-corrected chi connectivity index (χ4v) is 3.72. The summed E-state index contributed by atoms with van der Waals surface area (Å²) in [6.45, 7) is 0. The van der Waals surface area contributed by atoms with Crippen LogP contribution in [0, 0.1) is 0 Å². The molecule has 2 N–H and O–H groups in total. The highest BCUT2D eigenvalue weighted by atomic mass is 32.2.